The van der Waals surface area contributed by atoms with Gasteiger partial charge in [0.2, 0.25) is 0 Å². The molecule has 0 aromatic carbocycles. The van der Waals surface area contributed by atoms with E-state index in [9.17, 15) is 0 Å². The van der Waals surface area contributed by atoms with Crippen LogP contribution in [0.5, 0.6) is 0 Å². The van der Waals surface area contributed by atoms with E-state index in [1.807, 2.05) is 19.3 Å². The summed E-state index contributed by atoms with van der Waals surface area (Å²) in [4.78, 5) is 6.83. The number of morpholine rings is 1. The zero-order valence-corrected chi connectivity index (χ0v) is 12.6. The maximum Gasteiger partial charge on any atom is 0.147 e. The first-order chi connectivity index (χ1) is 9.15. The average Bonchev–Trinajstić information content (AvgIpc) is 2.39. The maximum atomic E-state index is 6.40. The fourth-order valence-corrected chi connectivity index (χ4v) is 2.72. The van der Waals surface area contributed by atoms with E-state index in [0.29, 0.717) is 6.04 Å². The number of pyridine rings is 1. The topological polar surface area (TPSA) is 37.4 Å². The highest BCUT2D eigenvalue weighted by molar-refractivity contribution is 6.33. The molecule has 1 saturated heterocycles. The first-order valence-corrected chi connectivity index (χ1v) is 7.20. The molecule has 106 valence electrons. The van der Waals surface area contributed by atoms with Crippen molar-refractivity contribution in [2.24, 2.45) is 0 Å². The number of hydrogen-bond acceptors (Lipinski definition) is 4. The number of hydrogen-bond donors (Lipinski definition) is 1. The van der Waals surface area contributed by atoms with E-state index in [-0.39, 0.29) is 6.10 Å². The zero-order chi connectivity index (χ0) is 13.8. The van der Waals surface area contributed by atoms with Crippen LogP contribution in [0.15, 0.2) is 12.3 Å². The van der Waals surface area contributed by atoms with Gasteiger partial charge in [-0.25, -0.2) is 4.98 Å². The number of nitrogens with one attached hydrogen (secondary N) is 1. The molecule has 1 aliphatic heterocycles. The quantitative estimate of drug-likeness (QED) is 0.921. The molecule has 5 heteroatoms. The van der Waals surface area contributed by atoms with Gasteiger partial charge in [-0.15, -0.1) is 0 Å². The lowest BCUT2D eigenvalue weighted by molar-refractivity contribution is 0.0296. The lowest BCUT2D eigenvalue weighted by Crippen LogP contribution is -2.49. The van der Waals surface area contributed by atoms with Crippen molar-refractivity contribution < 1.29 is 4.74 Å². The van der Waals surface area contributed by atoms with Crippen LogP contribution in [0, 0.1) is 0 Å². The molecule has 2 rings (SSSR count). The molecular weight excluding hydrogens is 262 g/mol. The highest BCUT2D eigenvalue weighted by atomic mass is 35.5. The SMILES string of the molecule is CCC1COC(C)CN1c1ncc(CNC)cc1Cl. The van der Waals surface area contributed by atoms with Crippen molar-refractivity contribution in [3.8, 4) is 0 Å². The van der Waals surface area contributed by atoms with Gasteiger partial charge in [0.25, 0.3) is 0 Å². The van der Waals surface area contributed by atoms with Crippen molar-refractivity contribution in [2.75, 3.05) is 25.1 Å². The highest BCUT2D eigenvalue weighted by Gasteiger charge is 2.27. The van der Waals surface area contributed by atoms with Gasteiger partial charge in [0.15, 0.2) is 0 Å². The standard InChI is InChI=1S/C14H22ClN3O/c1-4-12-9-19-10(2)8-18(12)14-13(15)5-11(6-16-3)7-17-14/h5,7,10,12,16H,4,6,8-9H2,1-3H3. The molecule has 1 N–H and O–H groups in total. The predicted molar refractivity (Wildman–Crippen MR) is 78.8 cm³/mol. The molecule has 1 aromatic rings. The van der Waals surface area contributed by atoms with Crippen molar-refractivity contribution in [1.82, 2.24) is 10.3 Å². The molecule has 0 aliphatic carbocycles. The summed E-state index contributed by atoms with van der Waals surface area (Å²) in [7, 11) is 1.92. The summed E-state index contributed by atoms with van der Waals surface area (Å²) in [5.74, 6) is 0.878. The summed E-state index contributed by atoms with van der Waals surface area (Å²) in [6, 6.07) is 2.35. The van der Waals surface area contributed by atoms with Gasteiger partial charge in [0.05, 0.1) is 23.8 Å². The van der Waals surface area contributed by atoms with Crippen molar-refractivity contribution in [1.29, 1.82) is 0 Å². The fraction of sp³-hybridized carbons (Fsp3) is 0.643. The van der Waals surface area contributed by atoms with E-state index in [1.165, 1.54) is 0 Å². The number of aromatic nitrogens is 1. The van der Waals surface area contributed by atoms with Crippen LogP contribution in [0.1, 0.15) is 25.8 Å². The Morgan fingerprint density at radius 2 is 2.37 bits per heavy atom. The average molecular weight is 284 g/mol. The Morgan fingerprint density at radius 1 is 1.58 bits per heavy atom. The van der Waals surface area contributed by atoms with E-state index in [2.05, 4.69) is 29.0 Å². The van der Waals surface area contributed by atoms with E-state index < -0.39 is 0 Å². The summed E-state index contributed by atoms with van der Waals surface area (Å²) >= 11 is 6.40. The molecule has 1 aliphatic rings. The monoisotopic (exact) mass is 283 g/mol. The summed E-state index contributed by atoms with van der Waals surface area (Å²) in [5.41, 5.74) is 1.10. The van der Waals surface area contributed by atoms with E-state index >= 15 is 0 Å². The van der Waals surface area contributed by atoms with Crippen LogP contribution in [-0.2, 0) is 11.3 Å². The number of anilines is 1. The number of nitrogens with zero attached hydrogens (tertiary/aromatic N) is 2. The number of halogens is 1. The fourth-order valence-electron chi connectivity index (χ4n) is 2.42. The molecule has 0 spiro atoms. The molecular formula is C14H22ClN3O. The minimum absolute atomic E-state index is 0.220. The molecule has 0 amide bonds. The van der Waals surface area contributed by atoms with Crippen molar-refractivity contribution in [3.63, 3.8) is 0 Å². The van der Waals surface area contributed by atoms with Gasteiger partial charge in [-0.2, -0.15) is 0 Å². The number of rotatable bonds is 4. The first kappa shape index (κ1) is 14.6. The van der Waals surface area contributed by atoms with Crippen LogP contribution in [0.4, 0.5) is 5.82 Å². The lowest BCUT2D eigenvalue weighted by atomic mass is 10.1. The van der Waals surface area contributed by atoms with Crippen LogP contribution in [0.25, 0.3) is 0 Å². The van der Waals surface area contributed by atoms with Gasteiger partial charge in [-0.3, -0.25) is 0 Å². The second-order valence-electron chi connectivity index (χ2n) is 5.04. The van der Waals surface area contributed by atoms with Gasteiger partial charge >= 0.3 is 0 Å². The van der Waals surface area contributed by atoms with E-state index in [0.717, 1.165) is 42.5 Å². The second-order valence-corrected chi connectivity index (χ2v) is 5.44. The summed E-state index contributed by atoms with van der Waals surface area (Å²) in [5, 5.41) is 3.83. The normalized spacial score (nSPS) is 23.7. The number of ether oxygens (including phenoxy) is 1. The minimum atomic E-state index is 0.220. The Hall–Kier alpha value is -0.840. The van der Waals surface area contributed by atoms with Crippen LogP contribution in [0.3, 0.4) is 0 Å². The van der Waals surface area contributed by atoms with Crippen LogP contribution < -0.4 is 10.2 Å². The molecule has 1 aromatic heterocycles. The Balaban J connectivity index is 2.23. The molecule has 0 radical (unpaired) electrons. The molecule has 1 fully saturated rings. The summed E-state index contributed by atoms with van der Waals surface area (Å²) in [6.45, 7) is 6.62. The van der Waals surface area contributed by atoms with E-state index in [4.69, 9.17) is 16.3 Å². The molecule has 0 bridgehead atoms. The molecule has 19 heavy (non-hydrogen) atoms. The molecule has 0 saturated carbocycles. The maximum absolute atomic E-state index is 6.40. The smallest absolute Gasteiger partial charge is 0.147 e. The van der Waals surface area contributed by atoms with Crippen LogP contribution in [-0.4, -0.2) is 37.3 Å². The Labute approximate surface area is 120 Å². The van der Waals surface area contributed by atoms with Gasteiger partial charge in [0, 0.05) is 19.3 Å². The van der Waals surface area contributed by atoms with Crippen molar-refractivity contribution >= 4 is 17.4 Å². The summed E-state index contributed by atoms with van der Waals surface area (Å²) < 4.78 is 5.71. The predicted octanol–water partition coefficient (Wildman–Crippen LogP) is 2.46. The summed E-state index contributed by atoms with van der Waals surface area (Å²) in [6.07, 6.45) is 3.14. The minimum Gasteiger partial charge on any atom is -0.375 e. The van der Waals surface area contributed by atoms with Gasteiger partial charge in [-0.05, 0) is 32.0 Å². The third-order valence-corrected chi connectivity index (χ3v) is 3.75. The lowest BCUT2D eigenvalue weighted by Gasteiger charge is -2.39. The molecule has 4 nitrogen and oxygen atoms in total. The third kappa shape index (κ3) is 3.38. The second kappa shape index (κ2) is 6.55. The van der Waals surface area contributed by atoms with Crippen molar-refractivity contribution in [3.05, 3.63) is 22.8 Å². The Morgan fingerprint density at radius 3 is 3.00 bits per heavy atom. The highest BCUT2D eigenvalue weighted by Crippen LogP contribution is 2.29. The van der Waals surface area contributed by atoms with Crippen molar-refractivity contribution in [2.45, 2.75) is 39.0 Å². The largest absolute Gasteiger partial charge is 0.375 e. The Bertz CT molecular complexity index is 427. The van der Waals surface area contributed by atoms with Crippen LogP contribution >= 0.6 is 11.6 Å². The van der Waals surface area contributed by atoms with Crippen LogP contribution in [0.2, 0.25) is 5.02 Å². The molecule has 2 atom stereocenters. The van der Waals surface area contributed by atoms with E-state index in [1.54, 1.807) is 0 Å². The first-order valence-electron chi connectivity index (χ1n) is 6.83. The zero-order valence-electron chi connectivity index (χ0n) is 11.8. The van der Waals surface area contributed by atoms with Gasteiger partial charge in [-0.1, -0.05) is 18.5 Å². The third-order valence-electron chi connectivity index (χ3n) is 3.47. The molecule has 2 unspecified atom stereocenters. The van der Waals surface area contributed by atoms with Gasteiger partial charge < -0.3 is 15.0 Å². The van der Waals surface area contributed by atoms with Gasteiger partial charge in [0.1, 0.15) is 5.82 Å². The molecule has 2 heterocycles. The Kier molecular flexibility index (Phi) is 5.02.